The zero-order valence-electron chi connectivity index (χ0n) is 12.2. The minimum atomic E-state index is -0.125. The fraction of sp³-hybridized carbons (Fsp3) is 0.438. The third-order valence-corrected chi connectivity index (χ3v) is 4.68. The van der Waals surface area contributed by atoms with Crippen LogP contribution in [0.1, 0.15) is 35.9 Å². The van der Waals surface area contributed by atoms with Crippen molar-refractivity contribution in [1.82, 2.24) is 10.6 Å². The number of hydrogen-bond acceptors (Lipinski definition) is 3. The van der Waals surface area contributed by atoms with Crippen molar-refractivity contribution < 1.29 is 9.21 Å². The second-order valence-corrected chi connectivity index (χ2v) is 6.58. The summed E-state index contributed by atoms with van der Waals surface area (Å²) in [4.78, 5) is 12.5. The Morgan fingerprint density at radius 3 is 3.05 bits per heavy atom. The lowest BCUT2D eigenvalue weighted by Crippen LogP contribution is -2.51. The van der Waals surface area contributed by atoms with Gasteiger partial charge in [0.15, 0.2) is 5.76 Å². The molecule has 2 heterocycles. The first-order chi connectivity index (χ1) is 10.1. The standard InChI is InChI=1S/C16H19BrN2O2/c1-9-12-8-11(17)5-6-14(12)21-15(9)16(20)19-13-4-3-7-18-10(13)2/h5-6,8,10,13,18H,3-4,7H2,1-2H3,(H,19,20). The summed E-state index contributed by atoms with van der Waals surface area (Å²) in [5, 5.41) is 7.46. The van der Waals surface area contributed by atoms with Crippen molar-refractivity contribution in [3.63, 3.8) is 0 Å². The lowest BCUT2D eigenvalue weighted by Gasteiger charge is -2.30. The van der Waals surface area contributed by atoms with E-state index >= 15 is 0 Å². The average Bonchev–Trinajstić information content (AvgIpc) is 2.79. The van der Waals surface area contributed by atoms with Gasteiger partial charge in [-0.2, -0.15) is 0 Å². The molecule has 1 fully saturated rings. The van der Waals surface area contributed by atoms with Gasteiger partial charge in [0, 0.05) is 27.5 Å². The summed E-state index contributed by atoms with van der Waals surface area (Å²) in [5.41, 5.74) is 1.64. The molecule has 1 amide bonds. The topological polar surface area (TPSA) is 54.3 Å². The minimum absolute atomic E-state index is 0.125. The predicted octanol–water partition coefficient (Wildman–Crippen LogP) is 3.37. The van der Waals surface area contributed by atoms with Crippen LogP contribution in [-0.4, -0.2) is 24.5 Å². The molecule has 0 bridgehead atoms. The van der Waals surface area contributed by atoms with E-state index in [1.807, 2.05) is 25.1 Å². The van der Waals surface area contributed by atoms with Gasteiger partial charge in [-0.15, -0.1) is 0 Å². The molecule has 1 aliphatic rings. The number of amides is 1. The Morgan fingerprint density at radius 2 is 2.29 bits per heavy atom. The van der Waals surface area contributed by atoms with E-state index in [0.29, 0.717) is 11.8 Å². The van der Waals surface area contributed by atoms with Crippen molar-refractivity contribution in [3.8, 4) is 0 Å². The molecule has 0 aliphatic carbocycles. The fourth-order valence-electron chi connectivity index (χ4n) is 2.88. The van der Waals surface area contributed by atoms with Crippen LogP contribution in [0.5, 0.6) is 0 Å². The molecule has 112 valence electrons. The van der Waals surface area contributed by atoms with Crippen molar-refractivity contribution in [2.24, 2.45) is 0 Å². The van der Waals surface area contributed by atoms with E-state index in [2.05, 4.69) is 33.5 Å². The fourth-order valence-corrected chi connectivity index (χ4v) is 3.25. The summed E-state index contributed by atoms with van der Waals surface area (Å²) < 4.78 is 6.72. The summed E-state index contributed by atoms with van der Waals surface area (Å²) >= 11 is 3.45. The highest BCUT2D eigenvalue weighted by Gasteiger charge is 2.25. The maximum Gasteiger partial charge on any atom is 0.287 e. The zero-order valence-corrected chi connectivity index (χ0v) is 13.8. The van der Waals surface area contributed by atoms with Crippen LogP contribution in [0, 0.1) is 6.92 Å². The van der Waals surface area contributed by atoms with Gasteiger partial charge in [-0.05, 0) is 51.4 Å². The second-order valence-electron chi connectivity index (χ2n) is 5.66. The van der Waals surface area contributed by atoms with Crippen molar-refractivity contribution in [2.45, 2.75) is 38.8 Å². The molecule has 2 aromatic rings. The average molecular weight is 351 g/mol. The largest absolute Gasteiger partial charge is 0.451 e. The normalized spacial score (nSPS) is 22.4. The smallest absolute Gasteiger partial charge is 0.287 e. The van der Waals surface area contributed by atoms with Gasteiger partial charge < -0.3 is 15.1 Å². The number of benzene rings is 1. The molecule has 0 saturated carbocycles. The maximum absolute atomic E-state index is 12.5. The third-order valence-electron chi connectivity index (χ3n) is 4.18. The first kappa shape index (κ1) is 14.6. The van der Waals surface area contributed by atoms with Crippen LogP contribution in [0.2, 0.25) is 0 Å². The van der Waals surface area contributed by atoms with E-state index in [1.165, 1.54) is 0 Å². The maximum atomic E-state index is 12.5. The van der Waals surface area contributed by atoms with Crippen LogP contribution in [0.3, 0.4) is 0 Å². The van der Waals surface area contributed by atoms with Crippen LogP contribution in [0.25, 0.3) is 11.0 Å². The zero-order chi connectivity index (χ0) is 15.0. The molecule has 21 heavy (non-hydrogen) atoms. The van der Waals surface area contributed by atoms with Crippen LogP contribution in [0.15, 0.2) is 27.1 Å². The van der Waals surface area contributed by atoms with Crippen LogP contribution in [-0.2, 0) is 0 Å². The molecule has 3 rings (SSSR count). The third kappa shape index (κ3) is 2.85. The first-order valence-electron chi connectivity index (χ1n) is 7.29. The number of aryl methyl sites for hydroxylation is 1. The SMILES string of the molecule is Cc1c(C(=O)NC2CCCNC2C)oc2ccc(Br)cc12. The highest BCUT2D eigenvalue weighted by molar-refractivity contribution is 9.10. The molecule has 2 N–H and O–H groups in total. The predicted molar refractivity (Wildman–Crippen MR) is 86.6 cm³/mol. The number of hydrogen-bond donors (Lipinski definition) is 2. The van der Waals surface area contributed by atoms with Gasteiger partial charge in [0.1, 0.15) is 5.58 Å². The number of piperidine rings is 1. The lowest BCUT2D eigenvalue weighted by molar-refractivity contribution is 0.0893. The van der Waals surface area contributed by atoms with E-state index in [9.17, 15) is 4.79 Å². The van der Waals surface area contributed by atoms with E-state index in [4.69, 9.17) is 4.42 Å². The molecular weight excluding hydrogens is 332 g/mol. The van der Waals surface area contributed by atoms with E-state index in [0.717, 1.165) is 40.4 Å². The summed E-state index contributed by atoms with van der Waals surface area (Å²) in [6.07, 6.45) is 2.09. The minimum Gasteiger partial charge on any atom is -0.451 e. The number of rotatable bonds is 2. The molecule has 2 atom stereocenters. The number of halogens is 1. The Labute approximate surface area is 132 Å². The second kappa shape index (κ2) is 5.81. The number of fused-ring (bicyclic) bond motifs is 1. The lowest BCUT2D eigenvalue weighted by atomic mass is 9.99. The van der Waals surface area contributed by atoms with Crippen molar-refractivity contribution in [1.29, 1.82) is 0 Å². The highest BCUT2D eigenvalue weighted by atomic mass is 79.9. The van der Waals surface area contributed by atoms with Gasteiger partial charge in [-0.3, -0.25) is 4.79 Å². The molecule has 1 aromatic heterocycles. The summed E-state index contributed by atoms with van der Waals surface area (Å²) in [7, 11) is 0. The highest BCUT2D eigenvalue weighted by Crippen LogP contribution is 2.28. The van der Waals surface area contributed by atoms with Gasteiger partial charge in [-0.25, -0.2) is 0 Å². The van der Waals surface area contributed by atoms with Crippen molar-refractivity contribution in [3.05, 3.63) is 34.0 Å². The Hall–Kier alpha value is -1.33. The van der Waals surface area contributed by atoms with Crippen LogP contribution in [0.4, 0.5) is 0 Å². The Kier molecular flexibility index (Phi) is 4.04. The number of carbonyl (C=O) groups excluding carboxylic acids is 1. The quantitative estimate of drug-likeness (QED) is 0.872. The molecule has 1 saturated heterocycles. The summed E-state index contributed by atoms with van der Waals surface area (Å²) in [6.45, 7) is 5.05. The molecule has 1 aliphatic heterocycles. The molecule has 2 unspecified atom stereocenters. The number of furan rings is 1. The Balaban J connectivity index is 1.86. The first-order valence-corrected chi connectivity index (χ1v) is 8.08. The van der Waals surface area contributed by atoms with Gasteiger partial charge >= 0.3 is 0 Å². The molecule has 1 aromatic carbocycles. The van der Waals surface area contributed by atoms with Gasteiger partial charge in [0.2, 0.25) is 0 Å². The van der Waals surface area contributed by atoms with Gasteiger partial charge in [-0.1, -0.05) is 15.9 Å². The molecule has 5 heteroatoms. The van der Waals surface area contributed by atoms with E-state index in [1.54, 1.807) is 0 Å². The van der Waals surface area contributed by atoms with Gasteiger partial charge in [0.05, 0.1) is 0 Å². The molecule has 0 spiro atoms. The summed E-state index contributed by atoms with van der Waals surface area (Å²) in [6, 6.07) is 6.23. The van der Waals surface area contributed by atoms with Gasteiger partial charge in [0.25, 0.3) is 5.91 Å². The Bertz CT molecular complexity index is 680. The monoisotopic (exact) mass is 350 g/mol. The van der Waals surface area contributed by atoms with E-state index < -0.39 is 0 Å². The van der Waals surface area contributed by atoms with Crippen molar-refractivity contribution >= 4 is 32.8 Å². The summed E-state index contributed by atoms with van der Waals surface area (Å²) in [5.74, 6) is 0.293. The van der Waals surface area contributed by atoms with Crippen LogP contribution < -0.4 is 10.6 Å². The number of nitrogens with one attached hydrogen (secondary N) is 2. The Morgan fingerprint density at radius 1 is 1.48 bits per heavy atom. The molecule has 0 radical (unpaired) electrons. The van der Waals surface area contributed by atoms with Crippen molar-refractivity contribution in [2.75, 3.05) is 6.54 Å². The molecular formula is C16H19BrN2O2. The number of carbonyl (C=O) groups is 1. The molecule has 4 nitrogen and oxygen atoms in total. The van der Waals surface area contributed by atoms with E-state index in [-0.39, 0.29) is 11.9 Å². The van der Waals surface area contributed by atoms with Crippen LogP contribution >= 0.6 is 15.9 Å².